The van der Waals surface area contributed by atoms with Gasteiger partial charge in [0, 0.05) is 11.1 Å². The van der Waals surface area contributed by atoms with Gasteiger partial charge in [0.2, 0.25) is 0 Å². The molecule has 0 saturated carbocycles. The van der Waals surface area contributed by atoms with Gasteiger partial charge in [-0.1, -0.05) is 36.4 Å². The van der Waals surface area contributed by atoms with Crippen LogP contribution in [0.2, 0.25) is 0 Å². The molecule has 2 heterocycles. The van der Waals surface area contributed by atoms with Crippen molar-refractivity contribution in [1.82, 2.24) is 5.32 Å². The minimum Gasteiger partial charge on any atom is -0.451 e. The van der Waals surface area contributed by atoms with Crippen LogP contribution >= 0.6 is 0 Å². The summed E-state index contributed by atoms with van der Waals surface area (Å²) in [5, 5.41) is 3.05. The maximum atomic E-state index is 5.73. The molecule has 0 aliphatic carbocycles. The normalized spacial score (nSPS) is 23.4. The average molecular weight is 285 g/mol. The zero-order valence-electron chi connectivity index (χ0n) is 11.3. The van der Waals surface area contributed by atoms with Gasteiger partial charge in [-0.15, -0.1) is 0 Å². The molecule has 0 bridgehead atoms. The summed E-state index contributed by atoms with van der Waals surface area (Å²) in [7, 11) is 0. The Balaban J connectivity index is 1.42. The standard InChI is InChI=1S/C16H15NO4/c1-3-7-13-11(5-1)9-18-15(20-13)17-16-19-10-12-6-2-4-8-14(12)21-16/h1-8,15-17H,9-10H2. The second-order valence-corrected chi connectivity index (χ2v) is 4.90. The maximum Gasteiger partial charge on any atom is 0.264 e. The highest BCUT2D eigenvalue weighted by Gasteiger charge is 2.26. The summed E-state index contributed by atoms with van der Waals surface area (Å²) in [6.45, 7) is 0.994. The topological polar surface area (TPSA) is 49.0 Å². The van der Waals surface area contributed by atoms with Crippen molar-refractivity contribution < 1.29 is 18.9 Å². The molecule has 2 aliphatic rings. The van der Waals surface area contributed by atoms with Crippen molar-refractivity contribution in [2.24, 2.45) is 0 Å². The van der Waals surface area contributed by atoms with E-state index in [2.05, 4.69) is 5.32 Å². The van der Waals surface area contributed by atoms with E-state index in [1.165, 1.54) is 0 Å². The molecule has 2 aliphatic heterocycles. The lowest BCUT2D eigenvalue weighted by Gasteiger charge is -2.32. The first-order valence-corrected chi connectivity index (χ1v) is 6.87. The van der Waals surface area contributed by atoms with Crippen LogP contribution in [0.5, 0.6) is 11.5 Å². The van der Waals surface area contributed by atoms with E-state index in [-0.39, 0.29) is 0 Å². The van der Waals surface area contributed by atoms with Crippen molar-refractivity contribution in [2.75, 3.05) is 0 Å². The van der Waals surface area contributed by atoms with Gasteiger partial charge < -0.3 is 18.9 Å². The number of hydrogen-bond donors (Lipinski definition) is 1. The predicted octanol–water partition coefficient (Wildman–Crippen LogP) is 2.36. The third-order valence-corrected chi connectivity index (χ3v) is 3.47. The SMILES string of the molecule is c1ccc2c(c1)COC(NC1OCc3ccccc3O1)O2. The molecule has 0 radical (unpaired) electrons. The van der Waals surface area contributed by atoms with Gasteiger partial charge in [-0.05, 0) is 12.1 Å². The molecule has 5 nitrogen and oxygen atoms in total. The van der Waals surface area contributed by atoms with Gasteiger partial charge in [0.05, 0.1) is 13.2 Å². The largest absolute Gasteiger partial charge is 0.451 e. The molecule has 108 valence electrons. The van der Waals surface area contributed by atoms with Crippen molar-refractivity contribution in [3.8, 4) is 11.5 Å². The maximum absolute atomic E-state index is 5.73. The Morgan fingerprint density at radius 3 is 1.71 bits per heavy atom. The Kier molecular flexibility index (Phi) is 3.23. The van der Waals surface area contributed by atoms with Crippen molar-refractivity contribution in [3.63, 3.8) is 0 Å². The summed E-state index contributed by atoms with van der Waals surface area (Å²) in [6, 6.07) is 15.6. The highest BCUT2D eigenvalue weighted by Crippen LogP contribution is 2.27. The van der Waals surface area contributed by atoms with E-state index in [4.69, 9.17) is 18.9 Å². The molecule has 2 unspecified atom stereocenters. The molecule has 4 rings (SSSR count). The van der Waals surface area contributed by atoms with Crippen LogP contribution in [0.15, 0.2) is 48.5 Å². The van der Waals surface area contributed by atoms with Gasteiger partial charge in [0.1, 0.15) is 11.5 Å². The Labute approximate surface area is 122 Å². The summed E-state index contributed by atoms with van der Waals surface area (Å²) in [6.07, 6.45) is -1.18. The van der Waals surface area contributed by atoms with Crippen molar-refractivity contribution in [1.29, 1.82) is 0 Å². The van der Waals surface area contributed by atoms with E-state index in [0.717, 1.165) is 22.6 Å². The monoisotopic (exact) mass is 285 g/mol. The fourth-order valence-electron chi connectivity index (χ4n) is 2.38. The van der Waals surface area contributed by atoms with Gasteiger partial charge in [-0.3, -0.25) is 0 Å². The number of hydrogen-bond acceptors (Lipinski definition) is 5. The molecule has 0 spiro atoms. The second-order valence-electron chi connectivity index (χ2n) is 4.90. The molecular weight excluding hydrogens is 270 g/mol. The summed E-state index contributed by atoms with van der Waals surface area (Å²) in [5.74, 6) is 1.63. The van der Waals surface area contributed by atoms with Crippen LogP contribution in [0.3, 0.4) is 0 Å². The molecular formula is C16H15NO4. The fraction of sp³-hybridized carbons (Fsp3) is 0.250. The van der Waals surface area contributed by atoms with Crippen molar-refractivity contribution in [2.45, 2.75) is 26.0 Å². The number of rotatable bonds is 2. The Bertz CT molecular complexity index is 590. The molecule has 0 fully saturated rings. The van der Waals surface area contributed by atoms with E-state index < -0.39 is 12.8 Å². The number of para-hydroxylation sites is 2. The summed E-state index contributed by atoms with van der Waals surface area (Å²) < 4.78 is 22.7. The van der Waals surface area contributed by atoms with E-state index >= 15 is 0 Å². The van der Waals surface area contributed by atoms with Crippen LogP contribution in [0, 0.1) is 0 Å². The summed E-state index contributed by atoms with van der Waals surface area (Å²) in [4.78, 5) is 0. The summed E-state index contributed by atoms with van der Waals surface area (Å²) >= 11 is 0. The molecule has 0 aromatic heterocycles. The van der Waals surface area contributed by atoms with Crippen LogP contribution in [0.25, 0.3) is 0 Å². The minimum atomic E-state index is -0.588. The fourth-order valence-corrected chi connectivity index (χ4v) is 2.38. The van der Waals surface area contributed by atoms with Crippen LogP contribution in [-0.4, -0.2) is 12.8 Å². The highest BCUT2D eigenvalue weighted by molar-refractivity contribution is 5.34. The second kappa shape index (κ2) is 5.37. The van der Waals surface area contributed by atoms with Gasteiger partial charge >= 0.3 is 0 Å². The van der Waals surface area contributed by atoms with E-state index in [9.17, 15) is 0 Å². The first-order valence-electron chi connectivity index (χ1n) is 6.87. The lowest BCUT2D eigenvalue weighted by atomic mass is 10.2. The van der Waals surface area contributed by atoms with Crippen molar-refractivity contribution >= 4 is 0 Å². The molecule has 0 amide bonds. The number of benzene rings is 2. The first-order chi connectivity index (χ1) is 10.4. The minimum absolute atomic E-state index is 0.497. The quantitative estimate of drug-likeness (QED) is 0.918. The zero-order valence-corrected chi connectivity index (χ0v) is 11.3. The van der Waals surface area contributed by atoms with Crippen molar-refractivity contribution in [3.05, 3.63) is 59.7 Å². The lowest BCUT2D eigenvalue weighted by Crippen LogP contribution is -2.49. The Morgan fingerprint density at radius 2 is 1.19 bits per heavy atom. The lowest BCUT2D eigenvalue weighted by molar-refractivity contribution is -0.205. The highest BCUT2D eigenvalue weighted by atomic mass is 16.7. The molecule has 5 heteroatoms. The Hall–Kier alpha value is -2.08. The molecule has 21 heavy (non-hydrogen) atoms. The molecule has 2 aromatic carbocycles. The summed E-state index contributed by atoms with van der Waals surface area (Å²) in [5.41, 5.74) is 2.07. The van der Waals surface area contributed by atoms with Crippen LogP contribution in [0.4, 0.5) is 0 Å². The van der Waals surface area contributed by atoms with Crippen LogP contribution in [0.1, 0.15) is 11.1 Å². The molecule has 0 saturated heterocycles. The van der Waals surface area contributed by atoms with Gasteiger partial charge in [-0.2, -0.15) is 5.32 Å². The zero-order chi connectivity index (χ0) is 14.1. The third-order valence-electron chi connectivity index (χ3n) is 3.47. The van der Waals surface area contributed by atoms with Gasteiger partial charge in [0.15, 0.2) is 0 Å². The smallest absolute Gasteiger partial charge is 0.264 e. The third kappa shape index (κ3) is 2.58. The van der Waals surface area contributed by atoms with Crippen LogP contribution in [-0.2, 0) is 22.7 Å². The number of fused-ring (bicyclic) bond motifs is 2. The molecule has 2 atom stereocenters. The number of nitrogens with one attached hydrogen (secondary N) is 1. The Morgan fingerprint density at radius 1 is 0.714 bits per heavy atom. The van der Waals surface area contributed by atoms with E-state index in [1.54, 1.807) is 0 Å². The van der Waals surface area contributed by atoms with E-state index in [1.807, 2.05) is 48.5 Å². The number of ether oxygens (including phenoxy) is 4. The first kappa shape index (κ1) is 12.6. The van der Waals surface area contributed by atoms with Gasteiger partial charge in [-0.25, -0.2) is 0 Å². The predicted molar refractivity (Wildman–Crippen MR) is 74.4 cm³/mol. The average Bonchev–Trinajstić information content (AvgIpc) is 2.55. The van der Waals surface area contributed by atoms with Crippen LogP contribution < -0.4 is 14.8 Å². The molecule has 2 aromatic rings. The van der Waals surface area contributed by atoms with Gasteiger partial charge in [0.25, 0.3) is 12.8 Å². The van der Waals surface area contributed by atoms with E-state index in [0.29, 0.717) is 13.2 Å². The molecule has 1 N–H and O–H groups in total.